The molecule has 2 atom stereocenters. The lowest BCUT2D eigenvalue weighted by atomic mass is 9.77. The largest absolute Gasteiger partial charge is 0.493 e. The normalized spacial score (nSPS) is 23.4. The van der Waals surface area contributed by atoms with Gasteiger partial charge >= 0.3 is 0 Å². The van der Waals surface area contributed by atoms with E-state index in [2.05, 4.69) is 13.8 Å². The van der Waals surface area contributed by atoms with Gasteiger partial charge in [-0.2, -0.15) is 0 Å². The third-order valence-corrected chi connectivity index (χ3v) is 6.66. The van der Waals surface area contributed by atoms with Crippen molar-refractivity contribution in [3.8, 4) is 45.6 Å². The lowest BCUT2D eigenvalue weighted by Crippen LogP contribution is -2.27. The van der Waals surface area contributed by atoms with E-state index in [-0.39, 0.29) is 11.2 Å². The second-order valence-electron chi connectivity index (χ2n) is 8.28. The van der Waals surface area contributed by atoms with Gasteiger partial charge in [-0.25, -0.2) is 0 Å². The van der Waals surface area contributed by atoms with Crippen molar-refractivity contribution in [2.45, 2.75) is 37.9 Å². The second-order valence-corrected chi connectivity index (χ2v) is 8.28. The van der Waals surface area contributed by atoms with Gasteiger partial charge in [0.2, 0.25) is 11.5 Å². The van der Waals surface area contributed by atoms with E-state index in [4.69, 9.17) is 33.2 Å². The Balaban J connectivity index is 2.16. The van der Waals surface area contributed by atoms with Crippen LogP contribution in [0.25, 0.3) is 11.1 Å². The number of hydrogen-bond acceptors (Lipinski definition) is 7. The predicted octanol–water partition coefficient (Wildman–Crippen LogP) is 4.05. The summed E-state index contributed by atoms with van der Waals surface area (Å²) in [6.07, 6.45) is 1.37. The van der Waals surface area contributed by atoms with Gasteiger partial charge in [0.25, 0.3) is 0 Å². The zero-order valence-corrected chi connectivity index (χ0v) is 19.4. The average molecular weight is 430 g/mol. The summed E-state index contributed by atoms with van der Waals surface area (Å²) in [7, 11) is 9.70. The molecule has 0 bridgehead atoms. The van der Waals surface area contributed by atoms with Gasteiger partial charge < -0.3 is 33.2 Å². The van der Waals surface area contributed by atoms with Gasteiger partial charge in [0.05, 0.1) is 53.9 Å². The zero-order chi connectivity index (χ0) is 22.6. The number of methoxy groups -OCH3 is 6. The fourth-order valence-corrected chi connectivity index (χ4v) is 4.89. The van der Waals surface area contributed by atoms with Crippen LogP contribution in [0.15, 0.2) is 12.1 Å². The molecule has 168 valence electrons. The first-order valence-electron chi connectivity index (χ1n) is 10.2. The first-order chi connectivity index (χ1) is 14.8. The Bertz CT molecular complexity index is 950. The molecule has 2 aromatic carbocycles. The van der Waals surface area contributed by atoms with Crippen LogP contribution in [0.3, 0.4) is 0 Å². The van der Waals surface area contributed by atoms with Crippen LogP contribution in [0.2, 0.25) is 0 Å². The SMILES string of the molecule is COc1cc2c(c(OC)c1OC)-c1c(cc(OC)c(OC)c1OC)CC1(C)OC1(C)C2. The van der Waals surface area contributed by atoms with Gasteiger partial charge in [-0.3, -0.25) is 0 Å². The Morgan fingerprint density at radius 2 is 0.935 bits per heavy atom. The van der Waals surface area contributed by atoms with Crippen LogP contribution in [-0.4, -0.2) is 53.9 Å². The maximum Gasteiger partial charge on any atom is 0.203 e. The summed E-state index contributed by atoms with van der Waals surface area (Å²) in [6.45, 7) is 4.28. The molecular weight excluding hydrogens is 400 g/mol. The van der Waals surface area contributed by atoms with E-state index in [1.165, 1.54) is 0 Å². The molecule has 2 aromatic rings. The molecule has 0 radical (unpaired) electrons. The molecule has 1 aliphatic carbocycles. The molecule has 0 aromatic heterocycles. The average Bonchev–Trinajstić information content (AvgIpc) is 3.28. The van der Waals surface area contributed by atoms with Crippen molar-refractivity contribution < 1.29 is 33.2 Å². The van der Waals surface area contributed by atoms with Crippen molar-refractivity contribution in [2.75, 3.05) is 42.7 Å². The molecule has 0 amide bonds. The van der Waals surface area contributed by atoms with Crippen molar-refractivity contribution in [1.82, 2.24) is 0 Å². The highest BCUT2D eigenvalue weighted by molar-refractivity contribution is 5.88. The number of epoxide rings is 1. The van der Waals surface area contributed by atoms with Crippen molar-refractivity contribution >= 4 is 0 Å². The Morgan fingerprint density at radius 1 is 0.581 bits per heavy atom. The number of ether oxygens (including phenoxy) is 7. The minimum absolute atomic E-state index is 0.315. The van der Waals surface area contributed by atoms with Gasteiger partial charge in [-0.1, -0.05) is 0 Å². The summed E-state index contributed by atoms with van der Waals surface area (Å²) in [5.41, 5.74) is 3.17. The van der Waals surface area contributed by atoms with E-state index >= 15 is 0 Å². The van der Waals surface area contributed by atoms with Gasteiger partial charge in [0.1, 0.15) is 0 Å². The molecule has 1 heterocycles. The topological polar surface area (TPSA) is 67.9 Å². The first kappa shape index (κ1) is 21.4. The molecule has 1 fully saturated rings. The summed E-state index contributed by atoms with van der Waals surface area (Å²) in [4.78, 5) is 0. The Kier molecular flexibility index (Phi) is 5.12. The van der Waals surface area contributed by atoms with E-state index < -0.39 is 0 Å². The summed E-state index contributed by atoms with van der Waals surface area (Å²) < 4.78 is 40.7. The quantitative estimate of drug-likeness (QED) is 0.641. The van der Waals surface area contributed by atoms with Gasteiger partial charge in [0.15, 0.2) is 23.0 Å². The highest BCUT2D eigenvalue weighted by Gasteiger charge is 2.64. The molecule has 7 nitrogen and oxygen atoms in total. The lowest BCUT2D eigenvalue weighted by molar-refractivity contribution is 0.275. The van der Waals surface area contributed by atoms with Gasteiger partial charge in [-0.15, -0.1) is 0 Å². The molecule has 0 N–H and O–H groups in total. The summed E-state index contributed by atoms with van der Waals surface area (Å²) >= 11 is 0. The van der Waals surface area contributed by atoms with Crippen LogP contribution in [0.1, 0.15) is 25.0 Å². The second kappa shape index (κ2) is 7.41. The number of benzene rings is 2. The van der Waals surface area contributed by atoms with Crippen LogP contribution in [0, 0.1) is 0 Å². The molecular formula is C24H30O7. The molecule has 0 saturated carbocycles. The van der Waals surface area contributed by atoms with Crippen LogP contribution in [0.4, 0.5) is 0 Å². The van der Waals surface area contributed by atoms with Crippen LogP contribution in [0.5, 0.6) is 34.5 Å². The van der Waals surface area contributed by atoms with Crippen LogP contribution >= 0.6 is 0 Å². The smallest absolute Gasteiger partial charge is 0.203 e. The third kappa shape index (κ3) is 2.97. The van der Waals surface area contributed by atoms with E-state index in [9.17, 15) is 0 Å². The Labute approximate surface area is 183 Å². The third-order valence-electron chi connectivity index (χ3n) is 6.66. The van der Waals surface area contributed by atoms with E-state index in [0.29, 0.717) is 47.3 Å². The highest BCUT2D eigenvalue weighted by atomic mass is 16.6. The summed E-state index contributed by atoms with van der Waals surface area (Å²) in [5.74, 6) is 3.41. The Hall–Kier alpha value is -2.80. The fraction of sp³-hybridized carbons (Fsp3) is 0.500. The highest BCUT2D eigenvalue weighted by Crippen LogP contribution is 2.61. The van der Waals surface area contributed by atoms with Gasteiger partial charge in [-0.05, 0) is 37.1 Å². The fourth-order valence-electron chi connectivity index (χ4n) is 4.89. The minimum Gasteiger partial charge on any atom is -0.493 e. The molecule has 1 saturated heterocycles. The molecule has 0 spiro atoms. The van der Waals surface area contributed by atoms with Crippen LogP contribution in [-0.2, 0) is 17.6 Å². The molecule has 2 unspecified atom stereocenters. The van der Waals surface area contributed by atoms with Crippen molar-refractivity contribution in [3.63, 3.8) is 0 Å². The first-order valence-corrected chi connectivity index (χ1v) is 10.2. The lowest BCUT2D eigenvalue weighted by Gasteiger charge is -2.28. The summed E-state index contributed by atoms with van der Waals surface area (Å²) in [5, 5.41) is 0. The summed E-state index contributed by atoms with van der Waals surface area (Å²) in [6, 6.07) is 3.99. The van der Waals surface area contributed by atoms with Crippen LogP contribution < -0.4 is 28.4 Å². The van der Waals surface area contributed by atoms with Crippen molar-refractivity contribution in [1.29, 1.82) is 0 Å². The number of hydrogen-bond donors (Lipinski definition) is 0. The van der Waals surface area contributed by atoms with Crippen molar-refractivity contribution in [2.24, 2.45) is 0 Å². The molecule has 7 heteroatoms. The molecule has 2 aliphatic rings. The monoisotopic (exact) mass is 430 g/mol. The van der Waals surface area contributed by atoms with E-state index in [1.807, 2.05) is 12.1 Å². The van der Waals surface area contributed by atoms with Crippen molar-refractivity contribution in [3.05, 3.63) is 23.3 Å². The standard InChI is InChI=1S/C24H30O7/c1-23-11-13-9-15(25-3)19(27-5)21(29-7)17(13)18-14(12-24(23,2)31-23)10-16(26-4)20(28-6)22(18)30-8/h9-10H,11-12H2,1-8H3. The number of fused-ring (bicyclic) bond motifs is 4. The number of rotatable bonds is 6. The zero-order valence-electron chi connectivity index (χ0n) is 19.4. The Morgan fingerprint density at radius 3 is 1.23 bits per heavy atom. The maximum atomic E-state index is 6.31. The maximum absolute atomic E-state index is 6.31. The predicted molar refractivity (Wildman–Crippen MR) is 116 cm³/mol. The van der Waals surface area contributed by atoms with Gasteiger partial charge in [0, 0.05) is 24.0 Å². The molecule has 31 heavy (non-hydrogen) atoms. The van der Waals surface area contributed by atoms with E-state index in [0.717, 1.165) is 22.3 Å². The molecule has 4 rings (SSSR count). The van der Waals surface area contributed by atoms with E-state index in [1.54, 1.807) is 42.7 Å². The molecule has 1 aliphatic heterocycles. The minimum atomic E-state index is -0.315.